The molecule has 31 heavy (non-hydrogen) atoms. The first-order valence-electron chi connectivity index (χ1n) is 9.21. The van der Waals surface area contributed by atoms with Crippen molar-refractivity contribution < 1.29 is 14.0 Å². The molecule has 0 unspecified atom stereocenters. The van der Waals surface area contributed by atoms with E-state index in [0.717, 1.165) is 11.8 Å². The van der Waals surface area contributed by atoms with Crippen LogP contribution in [0.2, 0.25) is 10.0 Å². The topological polar surface area (TPSA) is 88.9 Å². The number of rotatable bonds is 8. The number of carbonyl (C=O) groups excluding carboxylic acids is 2. The quantitative estimate of drug-likeness (QED) is 0.456. The van der Waals surface area contributed by atoms with Crippen LogP contribution in [0, 0.1) is 5.82 Å². The molecule has 11 heteroatoms. The standard InChI is InChI=1S/C20H18Cl2FN5O2S/c1-2-28-17(10-18(29)24-12-7-8-13(21)14(22)9-12)26-27-20(28)31-11-19(30)25-16-6-4-3-5-15(16)23/h3-9H,2,10-11H2,1H3,(H,24,29)(H,25,30). The van der Waals surface area contributed by atoms with Crippen LogP contribution in [-0.2, 0) is 22.6 Å². The highest BCUT2D eigenvalue weighted by Gasteiger charge is 2.17. The number of thioether (sulfide) groups is 1. The van der Waals surface area contributed by atoms with Gasteiger partial charge in [0.1, 0.15) is 11.6 Å². The second-order valence-electron chi connectivity index (χ2n) is 6.31. The zero-order valence-electron chi connectivity index (χ0n) is 16.4. The van der Waals surface area contributed by atoms with Crippen molar-refractivity contribution in [2.75, 3.05) is 16.4 Å². The second-order valence-corrected chi connectivity index (χ2v) is 8.07. The average molecular weight is 482 g/mol. The van der Waals surface area contributed by atoms with Crippen LogP contribution in [0.15, 0.2) is 47.6 Å². The molecule has 0 saturated carbocycles. The molecule has 0 spiro atoms. The Balaban J connectivity index is 1.59. The van der Waals surface area contributed by atoms with E-state index in [9.17, 15) is 14.0 Å². The lowest BCUT2D eigenvalue weighted by Gasteiger charge is -2.09. The molecule has 1 aromatic heterocycles. The fraction of sp³-hybridized carbons (Fsp3) is 0.200. The first-order valence-corrected chi connectivity index (χ1v) is 11.0. The first kappa shape index (κ1) is 23.1. The highest BCUT2D eigenvalue weighted by Crippen LogP contribution is 2.25. The average Bonchev–Trinajstić information content (AvgIpc) is 3.12. The van der Waals surface area contributed by atoms with Crippen LogP contribution >= 0.6 is 35.0 Å². The summed E-state index contributed by atoms with van der Waals surface area (Å²) in [6, 6.07) is 10.7. The summed E-state index contributed by atoms with van der Waals surface area (Å²) >= 11 is 13.0. The largest absolute Gasteiger partial charge is 0.326 e. The van der Waals surface area contributed by atoms with E-state index >= 15 is 0 Å². The Kier molecular flexibility index (Phi) is 7.89. The van der Waals surface area contributed by atoms with E-state index in [1.54, 1.807) is 34.9 Å². The fourth-order valence-corrected chi connectivity index (χ4v) is 3.80. The van der Waals surface area contributed by atoms with Gasteiger partial charge in [-0.1, -0.05) is 47.1 Å². The SMILES string of the molecule is CCn1c(CC(=O)Nc2ccc(Cl)c(Cl)c2)nnc1SCC(=O)Nc1ccccc1F. The van der Waals surface area contributed by atoms with Crippen molar-refractivity contribution >= 4 is 58.2 Å². The van der Waals surface area contributed by atoms with Gasteiger partial charge in [-0.15, -0.1) is 10.2 Å². The lowest BCUT2D eigenvalue weighted by Crippen LogP contribution is -2.18. The van der Waals surface area contributed by atoms with Crippen LogP contribution in [0.5, 0.6) is 0 Å². The van der Waals surface area contributed by atoms with Crippen molar-refractivity contribution in [1.29, 1.82) is 0 Å². The molecule has 0 radical (unpaired) electrons. The van der Waals surface area contributed by atoms with Crippen molar-refractivity contribution in [1.82, 2.24) is 14.8 Å². The summed E-state index contributed by atoms with van der Waals surface area (Å²) in [7, 11) is 0. The van der Waals surface area contributed by atoms with Crippen LogP contribution in [0.25, 0.3) is 0 Å². The molecule has 3 rings (SSSR count). The van der Waals surface area contributed by atoms with Crippen LogP contribution in [0.4, 0.5) is 15.8 Å². The summed E-state index contributed by atoms with van der Waals surface area (Å²) < 4.78 is 15.4. The van der Waals surface area contributed by atoms with E-state index < -0.39 is 5.82 Å². The lowest BCUT2D eigenvalue weighted by molar-refractivity contribution is -0.116. The Morgan fingerprint density at radius 3 is 2.55 bits per heavy atom. The summed E-state index contributed by atoms with van der Waals surface area (Å²) in [4.78, 5) is 24.5. The minimum Gasteiger partial charge on any atom is -0.326 e. The zero-order valence-corrected chi connectivity index (χ0v) is 18.7. The molecule has 0 fully saturated rings. The summed E-state index contributed by atoms with van der Waals surface area (Å²) in [5, 5.41) is 14.6. The van der Waals surface area contributed by atoms with Gasteiger partial charge in [-0.25, -0.2) is 4.39 Å². The number of nitrogens with zero attached hydrogens (tertiary/aromatic N) is 3. The smallest absolute Gasteiger partial charge is 0.234 e. The summed E-state index contributed by atoms with van der Waals surface area (Å²) in [6.07, 6.45) is -0.0108. The van der Waals surface area contributed by atoms with Gasteiger partial charge in [0.05, 0.1) is 27.9 Å². The van der Waals surface area contributed by atoms with E-state index in [0.29, 0.717) is 33.3 Å². The number of hydrogen-bond donors (Lipinski definition) is 2. The van der Waals surface area contributed by atoms with Gasteiger partial charge in [0.15, 0.2) is 5.16 Å². The Labute approximate surface area is 192 Å². The molecule has 0 aliphatic heterocycles. The van der Waals surface area contributed by atoms with Crippen LogP contribution in [0.1, 0.15) is 12.7 Å². The van der Waals surface area contributed by atoms with Crippen LogP contribution in [-0.4, -0.2) is 32.3 Å². The molecule has 2 aromatic carbocycles. The predicted octanol–water partition coefficient (Wildman–Crippen LogP) is 4.66. The van der Waals surface area contributed by atoms with Gasteiger partial charge < -0.3 is 15.2 Å². The molecule has 0 aliphatic rings. The van der Waals surface area contributed by atoms with Gasteiger partial charge in [-0.3, -0.25) is 9.59 Å². The third-order valence-electron chi connectivity index (χ3n) is 4.11. The van der Waals surface area contributed by atoms with Gasteiger partial charge in [0, 0.05) is 12.2 Å². The highest BCUT2D eigenvalue weighted by molar-refractivity contribution is 7.99. The number of hydrogen-bond acceptors (Lipinski definition) is 5. The number of amides is 2. The van der Waals surface area contributed by atoms with Crippen molar-refractivity contribution in [2.45, 2.75) is 25.0 Å². The minimum absolute atomic E-state index is 0.0108. The maximum atomic E-state index is 13.7. The van der Waals surface area contributed by atoms with Crippen molar-refractivity contribution in [3.8, 4) is 0 Å². The highest BCUT2D eigenvalue weighted by atomic mass is 35.5. The van der Waals surface area contributed by atoms with Crippen molar-refractivity contribution in [3.63, 3.8) is 0 Å². The molecule has 0 atom stereocenters. The molecule has 162 valence electrons. The van der Waals surface area contributed by atoms with Crippen LogP contribution < -0.4 is 10.6 Å². The first-order chi connectivity index (χ1) is 14.9. The molecule has 1 heterocycles. The van der Waals surface area contributed by atoms with E-state index in [-0.39, 0.29) is 29.7 Å². The molecule has 2 N–H and O–H groups in total. The van der Waals surface area contributed by atoms with Gasteiger partial charge >= 0.3 is 0 Å². The molecule has 3 aromatic rings. The van der Waals surface area contributed by atoms with E-state index in [1.165, 1.54) is 12.1 Å². The third-order valence-corrected chi connectivity index (χ3v) is 5.82. The number of para-hydroxylation sites is 1. The Hall–Kier alpha value is -2.62. The zero-order chi connectivity index (χ0) is 22.4. The second kappa shape index (κ2) is 10.6. The lowest BCUT2D eigenvalue weighted by atomic mass is 10.3. The monoisotopic (exact) mass is 481 g/mol. The van der Waals surface area contributed by atoms with E-state index in [2.05, 4.69) is 20.8 Å². The van der Waals surface area contributed by atoms with Crippen LogP contribution in [0.3, 0.4) is 0 Å². The van der Waals surface area contributed by atoms with Gasteiger partial charge in [-0.05, 0) is 37.3 Å². The number of halogens is 3. The normalized spacial score (nSPS) is 10.7. The molecule has 0 bridgehead atoms. The number of nitrogens with one attached hydrogen (secondary N) is 2. The number of carbonyl (C=O) groups is 2. The number of aromatic nitrogens is 3. The molecule has 7 nitrogen and oxygen atoms in total. The van der Waals surface area contributed by atoms with E-state index in [1.807, 2.05) is 6.92 Å². The van der Waals surface area contributed by atoms with Gasteiger partial charge in [-0.2, -0.15) is 0 Å². The number of benzene rings is 2. The summed E-state index contributed by atoms with van der Waals surface area (Å²) in [5.74, 6) is -0.707. The van der Waals surface area contributed by atoms with Crippen molar-refractivity contribution in [2.24, 2.45) is 0 Å². The molecule has 0 saturated heterocycles. The molecular weight excluding hydrogens is 464 g/mol. The van der Waals surface area contributed by atoms with E-state index in [4.69, 9.17) is 23.2 Å². The Bertz CT molecular complexity index is 1110. The molecular formula is C20H18Cl2FN5O2S. The Morgan fingerprint density at radius 1 is 1.06 bits per heavy atom. The maximum Gasteiger partial charge on any atom is 0.234 e. The number of anilines is 2. The van der Waals surface area contributed by atoms with Crippen molar-refractivity contribution in [3.05, 3.63) is 64.2 Å². The molecule has 2 amide bonds. The summed E-state index contributed by atoms with van der Waals surface area (Å²) in [5.41, 5.74) is 0.631. The van der Waals surface area contributed by atoms with Gasteiger partial charge in [0.25, 0.3) is 0 Å². The minimum atomic E-state index is -0.507. The predicted molar refractivity (Wildman–Crippen MR) is 120 cm³/mol. The van der Waals surface area contributed by atoms with Gasteiger partial charge in [0.2, 0.25) is 11.8 Å². The molecule has 0 aliphatic carbocycles. The Morgan fingerprint density at radius 2 is 1.84 bits per heavy atom. The maximum absolute atomic E-state index is 13.7. The third kappa shape index (κ3) is 6.19. The fourth-order valence-electron chi connectivity index (χ4n) is 2.68. The summed E-state index contributed by atoms with van der Waals surface area (Å²) in [6.45, 7) is 2.40.